The Bertz CT molecular complexity index is 659. The van der Waals surface area contributed by atoms with Crippen molar-refractivity contribution in [2.45, 2.75) is 13.3 Å². The summed E-state index contributed by atoms with van der Waals surface area (Å²) in [6.07, 6.45) is 2.55. The Morgan fingerprint density at radius 2 is 2.13 bits per heavy atom. The quantitative estimate of drug-likeness (QED) is 0.758. The van der Waals surface area contributed by atoms with Crippen molar-refractivity contribution in [2.24, 2.45) is 0 Å². The van der Waals surface area contributed by atoms with Gasteiger partial charge in [0.05, 0.1) is 11.9 Å². The summed E-state index contributed by atoms with van der Waals surface area (Å²) in [6, 6.07) is 8.92. The number of anilines is 2. The molecule has 0 spiro atoms. The fourth-order valence-corrected chi connectivity index (χ4v) is 2.19. The molecule has 0 aliphatic rings. The molecule has 2 rings (SSSR count). The molecule has 1 amide bonds. The van der Waals surface area contributed by atoms with Gasteiger partial charge in [0.25, 0.3) is 5.91 Å². The molecule has 23 heavy (non-hydrogen) atoms. The van der Waals surface area contributed by atoms with Gasteiger partial charge in [-0.15, -0.1) is 0 Å². The van der Waals surface area contributed by atoms with Gasteiger partial charge in [-0.2, -0.15) is 0 Å². The maximum Gasteiger partial charge on any atom is 0.274 e. The van der Waals surface area contributed by atoms with Crippen molar-refractivity contribution >= 4 is 28.9 Å². The van der Waals surface area contributed by atoms with Gasteiger partial charge in [0.2, 0.25) is 0 Å². The van der Waals surface area contributed by atoms with E-state index in [4.69, 9.17) is 16.3 Å². The van der Waals surface area contributed by atoms with E-state index in [0.717, 1.165) is 24.2 Å². The number of aromatic nitrogens is 1. The molecule has 0 aliphatic carbocycles. The van der Waals surface area contributed by atoms with E-state index in [-0.39, 0.29) is 5.91 Å². The Morgan fingerprint density at radius 1 is 1.30 bits per heavy atom. The first-order valence-corrected chi connectivity index (χ1v) is 7.75. The van der Waals surface area contributed by atoms with Crippen LogP contribution in [0.4, 0.5) is 11.4 Å². The summed E-state index contributed by atoms with van der Waals surface area (Å²) in [6.45, 7) is 3.36. The first-order valence-electron chi connectivity index (χ1n) is 7.37. The smallest absolute Gasteiger partial charge is 0.274 e. The molecule has 0 radical (unpaired) electrons. The van der Waals surface area contributed by atoms with Crippen molar-refractivity contribution < 1.29 is 9.53 Å². The van der Waals surface area contributed by atoms with Crippen molar-refractivity contribution in [1.29, 1.82) is 0 Å². The van der Waals surface area contributed by atoms with Crippen LogP contribution in [0.5, 0.6) is 0 Å². The molecule has 2 N–H and O–H groups in total. The van der Waals surface area contributed by atoms with E-state index >= 15 is 0 Å². The topological polar surface area (TPSA) is 63.2 Å². The Balaban J connectivity index is 1.96. The van der Waals surface area contributed by atoms with Crippen LogP contribution in [0, 0.1) is 6.92 Å². The van der Waals surface area contributed by atoms with E-state index < -0.39 is 0 Å². The molecule has 0 fully saturated rings. The van der Waals surface area contributed by atoms with Gasteiger partial charge in [-0.1, -0.05) is 17.7 Å². The average Bonchev–Trinajstić information content (AvgIpc) is 2.56. The van der Waals surface area contributed by atoms with E-state index in [1.807, 2.05) is 19.1 Å². The number of pyridine rings is 1. The van der Waals surface area contributed by atoms with Crippen LogP contribution in [0.1, 0.15) is 22.5 Å². The fourth-order valence-electron chi connectivity index (χ4n) is 2.01. The molecule has 1 aromatic carbocycles. The maximum absolute atomic E-state index is 12.2. The standard InChI is InChI=1S/C17H20ClN3O2/c1-12-14(18)5-3-6-15(12)21-17(22)16-8-7-13(11-20-16)19-9-4-10-23-2/h3,5-8,11,19H,4,9-10H2,1-2H3,(H,21,22). The minimum Gasteiger partial charge on any atom is -0.385 e. The highest BCUT2D eigenvalue weighted by Gasteiger charge is 2.10. The van der Waals surface area contributed by atoms with Gasteiger partial charge in [-0.05, 0) is 43.2 Å². The van der Waals surface area contributed by atoms with Crippen LogP contribution in [-0.2, 0) is 4.74 Å². The average molecular weight is 334 g/mol. The molecule has 0 bridgehead atoms. The normalized spacial score (nSPS) is 10.4. The molecule has 0 atom stereocenters. The Hall–Kier alpha value is -2.11. The van der Waals surface area contributed by atoms with E-state index in [1.54, 1.807) is 31.5 Å². The van der Waals surface area contributed by atoms with Gasteiger partial charge in [-0.3, -0.25) is 4.79 Å². The number of methoxy groups -OCH3 is 1. The van der Waals surface area contributed by atoms with Gasteiger partial charge in [0, 0.05) is 31.0 Å². The molecule has 0 aliphatic heterocycles. The molecule has 6 heteroatoms. The van der Waals surface area contributed by atoms with E-state index in [2.05, 4.69) is 15.6 Å². The summed E-state index contributed by atoms with van der Waals surface area (Å²) in [4.78, 5) is 16.4. The van der Waals surface area contributed by atoms with Crippen molar-refractivity contribution in [3.05, 3.63) is 52.8 Å². The van der Waals surface area contributed by atoms with Gasteiger partial charge < -0.3 is 15.4 Å². The van der Waals surface area contributed by atoms with Crippen LogP contribution < -0.4 is 10.6 Å². The van der Waals surface area contributed by atoms with Gasteiger partial charge in [0.15, 0.2) is 0 Å². The molecule has 1 aromatic heterocycles. The van der Waals surface area contributed by atoms with Crippen LogP contribution in [0.3, 0.4) is 0 Å². The summed E-state index contributed by atoms with van der Waals surface area (Å²) in [5.41, 5.74) is 2.74. The number of amides is 1. The van der Waals surface area contributed by atoms with Crippen LogP contribution >= 0.6 is 11.6 Å². The first kappa shape index (κ1) is 17.2. The fraction of sp³-hybridized carbons (Fsp3) is 0.294. The zero-order chi connectivity index (χ0) is 16.7. The molecular weight excluding hydrogens is 314 g/mol. The predicted octanol–water partition coefficient (Wildman–Crippen LogP) is 3.74. The summed E-state index contributed by atoms with van der Waals surface area (Å²) in [7, 11) is 1.68. The zero-order valence-corrected chi connectivity index (χ0v) is 14.0. The molecule has 0 unspecified atom stereocenters. The van der Waals surface area contributed by atoms with E-state index in [1.165, 1.54) is 0 Å². The number of hydrogen-bond acceptors (Lipinski definition) is 4. The van der Waals surface area contributed by atoms with Gasteiger partial charge in [-0.25, -0.2) is 4.98 Å². The monoisotopic (exact) mass is 333 g/mol. The lowest BCUT2D eigenvalue weighted by atomic mass is 10.2. The third-order valence-electron chi connectivity index (χ3n) is 3.37. The largest absolute Gasteiger partial charge is 0.385 e. The number of ether oxygens (including phenoxy) is 1. The highest BCUT2D eigenvalue weighted by Crippen LogP contribution is 2.23. The highest BCUT2D eigenvalue weighted by molar-refractivity contribution is 6.31. The number of carbonyl (C=O) groups excluding carboxylic acids is 1. The second-order valence-electron chi connectivity index (χ2n) is 5.07. The summed E-state index contributed by atoms with van der Waals surface area (Å²) < 4.78 is 4.99. The highest BCUT2D eigenvalue weighted by atomic mass is 35.5. The Morgan fingerprint density at radius 3 is 2.83 bits per heavy atom. The second-order valence-corrected chi connectivity index (χ2v) is 5.48. The molecule has 2 aromatic rings. The Labute approximate surface area is 141 Å². The van der Waals surface area contributed by atoms with E-state index in [0.29, 0.717) is 23.0 Å². The molecule has 0 saturated carbocycles. The lowest BCUT2D eigenvalue weighted by molar-refractivity contribution is 0.102. The minimum atomic E-state index is -0.263. The SMILES string of the molecule is COCCCNc1ccc(C(=O)Nc2cccc(Cl)c2C)nc1. The summed E-state index contributed by atoms with van der Waals surface area (Å²) >= 11 is 6.05. The molecule has 5 nitrogen and oxygen atoms in total. The number of nitrogens with zero attached hydrogens (tertiary/aromatic N) is 1. The number of carbonyl (C=O) groups is 1. The zero-order valence-electron chi connectivity index (χ0n) is 13.2. The third kappa shape index (κ3) is 4.94. The van der Waals surface area contributed by atoms with Crippen LogP contribution in [0.15, 0.2) is 36.5 Å². The lowest BCUT2D eigenvalue weighted by Crippen LogP contribution is -2.14. The van der Waals surface area contributed by atoms with Crippen molar-refractivity contribution in [3.8, 4) is 0 Å². The van der Waals surface area contributed by atoms with Crippen LogP contribution in [-0.4, -0.2) is 31.2 Å². The molecule has 122 valence electrons. The number of hydrogen-bond donors (Lipinski definition) is 2. The molecular formula is C17H20ClN3O2. The number of benzene rings is 1. The predicted molar refractivity (Wildman–Crippen MR) is 93.4 cm³/mol. The van der Waals surface area contributed by atoms with E-state index in [9.17, 15) is 4.79 Å². The van der Waals surface area contributed by atoms with Crippen LogP contribution in [0.2, 0.25) is 5.02 Å². The maximum atomic E-state index is 12.2. The van der Waals surface area contributed by atoms with Crippen LogP contribution in [0.25, 0.3) is 0 Å². The Kier molecular flexibility index (Phi) is 6.38. The second kappa shape index (κ2) is 8.50. The minimum absolute atomic E-state index is 0.263. The number of nitrogens with one attached hydrogen (secondary N) is 2. The third-order valence-corrected chi connectivity index (χ3v) is 3.78. The number of halogens is 1. The van der Waals surface area contributed by atoms with Crippen molar-refractivity contribution in [3.63, 3.8) is 0 Å². The molecule has 1 heterocycles. The number of rotatable bonds is 7. The van der Waals surface area contributed by atoms with Gasteiger partial charge in [0.1, 0.15) is 5.69 Å². The van der Waals surface area contributed by atoms with Crippen molar-refractivity contribution in [2.75, 3.05) is 30.9 Å². The lowest BCUT2D eigenvalue weighted by Gasteiger charge is -2.10. The summed E-state index contributed by atoms with van der Waals surface area (Å²) in [5, 5.41) is 6.66. The summed E-state index contributed by atoms with van der Waals surface area (Å²) in [5.74, 6) is -0.263. The van der Waals surface area contributed by atoms with Gasteiger partial charge >= 0.3 is 0 Å². The van der Waals surface area contributed by atoms with Crippen molar-refractivity contribution in [1.82, 2.24) is 4.98 Å². The first-order chi connectivity index (χ1) is 11.1. The molecule has 0 saturated heterocycles.